The number of pyridine rings is 1. The SMILES string of the molecule is [N-]=[N+]=NCCCSc1ncccc1Br. The van der Waals surface area contributed by atoms with Crippen LogP contribution in [0.15, 0.2) is 32.9 Å². The van der Waals surface area contributed by atoms with Gasteiger partial charge in [-0.1, -0.05) is 5.11 Å². The number of nitrogens with zero attached hydrogens (tertiary/aromatic N) is 4. The summed E-state index contributed by atoms with van der Waals surface area (Å²) in [6, 6.07) is 3.84. The molecule has 0 saturated carbocycles. The van der Waals surface area contributed by atoms with Crippen molar-refractivity contribution in [3.63, 3.8) is 0 Å². The van der Waals surface area contributed by atoms with Crippen LogP contribution < -0.4 is 0 Å². The van der Waals surface area contributed by atoms with E-state index >= 15 is 0 Å². The van der Waals surface area contributed by atoms with E-state index in [1.807, 2.05) is 12.1 Å². The Balaban J connectivity index is 2.31. The lowest BCUT2D eigenvalue weighted by molar-refractivity contribution is 0.929. The number of rotatable bonds is 5. The maximum Gasteiger partial charge on any atom is 0.110 e. The van der Waals surface area contributed by atoms with Crippen molar-refractivity contribution in [2.75, 3.05) is 12.3 Å². The largest absolute Gasteiger partial charge is 0.249 e. The minimum atomic E-state index is 0.550. The highest BCUT2D eigenvalue weighted by Crippen LogP contribution is 2.24. The Labute approximate surface area is 94.9 Å². The van der Waals surface area contributed by atoms with Gasteiger partial charge in [-0.25, -0.2) is 4.98 Å². The zero-order valence-corrected chi connectivity index (χ0v) is 9.83. The maximum absolute atomic E-state index is 8.06. The molecular formula is C8H9BrN4S. The van der Waals surface area contributed by atoms with Gasteiger partial charge in [0, 0.05) is 22.1 Å². The summed E-state index contributed by atoms with van der Waals surface area (Å²) in [5.41, 5.74) is 8.06. The Morgan fingerprint density at radius 3 is 3.21 bits per heavy atom. The third-order valence-corrected chi connectivity index (χ3v) is 3.42. The highest BCUT2D eigenvalue weighted by Gasteiger charge is 1.99. The predicted octanol–water partition coefficient (Wildman–Crippen LogP) is 3.64. The molecule has 1 aromatic heterocycles. The number of azide groups is 1. The zero-order valence-electron chi connectivity index (χ0n) is 7.43. The molecule has 0 saturated heterocycles. The molecule has 1 aromatic rings. The molecule has 0 aliphatic heterocycles. The molecule has 4 nitrogen and oxygen atoms in total. The fraction of sp³-hybridized carbons (Fsp3) is 0.375. The van der Waals surface area contributed by atoms with Crippen molar-refractivity contribution < 1.29 is 0 Å². The Hall–Kier alpha value is -0.710. The molecule has 0 bridgehead atoms. The van der Waals surface area contributed by atoms with E-state index in [1.165, 1.54) is 0 Å². The van der Waals surface area contributed by atoms with Gasteiger partial charge < -0.3 is 0 Å². The first-order valence-corrected chi connectivity index (χ1v) is 5.86. The maximum atomic E-state index is 8.06. The first kappa shape index (κ1) is 11.4. The van der Waals surface area contributed by atoms with Gasteiger partial charge in [-0.3, -0.25) is 0 Å². The van der Waals surface area contributed by atoms with E-state index in [4.69, 9.17) is 5.53 Å². The molecule has 0 unspecified atom stereocenters. The summed E-state index contributed by atoms with van der Waals surface area (Å²) in [7, 11) is 0. The molecule has 0 fully saturated rings. The fourth-order valence-electron chi connectivity index (χ4n) is 0.826. The quantitative estimate of drug-likeness (QED) is 0.270. The lowest BCUT2D eigenvalue weighted by Crippen LogP contribution is -1.86. The monoisotopic (exact) mass is 272 g/mol. The number of hydrogen-bond donors (Lipinski definition) is 0. The van der Waals surface area contributed by atoms with Gasteiger partial charge in [-0.15, -0.1) is 11.8 Å². The normalized spacial score (nSPS) is 9.50. The second kappa shape index (κ2) is 6.70. The third-order valence-electron chi connectivity index (χ3n) is 1.43. The van der Waals surface area contributed by atoms with Crippen molar-refractivity contribution in [2.45, 2.75) is 11.4 Å². The topological polar surface area (TPSA) is 61.7 Å². The molecular weight excluding hydrogens is 264 g/mol. The molecule has 1 heterocycles. The minimum Gasteiger partial charge on any atom is -0.249 e. The molecule has 0 radical (unpaired) electrons. The van der Waals surface area contributed by atoms with Crippen molar-refractivity contribution in [1.29, 1.82) is 0 Å². The highest BCUT2D eigenvalue weighted by molar-refractivity contribution is 9.10. The average Bonchev–Trinajstić information content (AvgIpc) is 2.20. The summed E-state index contributed by atoms with van der Waals surface area (Å²) < 4.78 is 1.01. The van der Waals surface area contributed by atoms with Gasteiger partial charge >= 0.3 is 0 Å². The molecule has 0 aliphatic rings. The molecule has 0 aliphatic carbocycles. The molecule has 0 aromatic carbocycles. The number of thioether (sulfide) groups is 1. The van der Waals surface area contributed by atoms with Gasteiger partial charge in [0.25, 0.3) is 0 Å². The van der Waals surface area contributed by atoms with Crippen LogP contribution in [0.2, 0.25) is 0 Å². The van der Waals surface area contributed by atoms with Crippen LogP contribution in [-0.4, -0.2) is 17.3 Å². The molecule has 1 rings (SSSR count). The number of hydrogen-bond acceptors (Lipinski definition) is 3. The lowest BCUT2D eigenvalue weighted by atomic mass is 10.5. The molecule has 0 amide bonds. The van der Waals surface area contributed by atoms with E-state index in [0.717, 1.165) is 21.7 Å². The van der Waals surface area contributed by atoms with E-state index in [1.54, 1.807) is 18.0 Å². The van der Waals surface area contributed by atoms with Crippen LogP contribution in [0.25, 0.3) is 10.4 Å². The predicted molar refractivity (Wildman–Crippen MR) is 61.3 cm³/mol. The van der Waals surface area contributed by atoms with Gasteiger partial charge in [0.15, 0.2) is 0 Å². The van der Waals surface area contributed by atoms with Crippen LogP contribution in [0.1, 0.15) is 6.42 Å². The number of halogens is 1. The number of aromatic nitrogens is 1. The Kier molecular flexibility index (Phi) is 5.44. The Morgan fingerprint density at radius 1 is 1.64 bits per heavy atom. The summed E-state index contributed by atoms with van der Waals surface area (Å²) in [6.07, 6.45) is 2.64. The van der Waals surface area contributed by atoms with Gasteiger partial charge in [0.1, 0.15) is 5.03 Å². The lowest BCUT2D eigenvalue weighted by Gasteiger charge is -2.00. The highest BCUT2D eigenvalue weighted by atomic mass is 79.9. The van der Waals surface area contributed by atoms with Crippen LogP contribution in [0.5, 0.6) is 0 Å². The average molecular weight is 273 g/mol. The van der Waals surface area contributed by atoms with Gasteiger partial charge in [0.05, 0.1) is 0 Å². The molecule has 0 N–H and O–H groups in total. The molecule has 74 valence electrons. The van der Waals surface area contributed by atoms with E-state index in [0.29, 0.717) is 6.54 Å². The Morgan fingerprint density at radius 2 is 2.50 bits per heavy atom. The van der Waals surface area contributed by atoms with Crippen LogP contribution >= 0.6 is 27.7 Å². The molecule has 0 atom stereocenters. The third kappa shape index (κ3) is 4.00. The van der Waals surface area contributed by atoms with Crippen molar-refractivity contribution in [3.05, 3.63) is 33.2 Å². The van der Waals surface area contributed by atoms with Crippen LogP contribution in [0.3, 0.4) is 0 Å². The smallest absolute Gasteiger partial charge is 0.110 e. The second-order valence-corrected chi connectivity index (χ2v) is 4.38. The summed E-state index contributed by atoms with van der Waals surface area (Å²) in [5, 5.41) is 4.44. The van der Waals surface area contributed by atoms with Crippen LogP contribution in [0.4, 0.5) is 0 Å². The summed E-state index contributed by atoms with van der Waals surface area (Å²) >= 11 is 5.07. The van der Waals surface area contributed by atoms with E-state index in [9.17, 15) is 0 Å². The molecule has 6 heteroatoms. The summed E-state index contributed by atoms with van der Waals surface area (Å²) in [4.78, 5) is 6.90. The van der Waals surface area contributed by atoms with Crippen molar-refractivity contribution >= 4 is 27.7 Å². The summed E-state index contributed by atoms with van der Waals surface area (Å²) in [6.45, 7) is 0.550. The summed E-state index contributed by atoms with van der Waals surface area (Å²) in [5.74, 6) is 0.911. The fourth-order valence-corrected chi connectivity index (χ4v) is 2.23. The first-order valence-electron chi connectivity index (χ1n) is 4.09. The van der Waals surface area contributed by atoms with Gasteiger partial charge in [-0.05, 0) is 45.8 Å². The van der Waals surface area contributed by atoms with Gasteiger partial charge in [0.2, 0.25) is 0 Å². The minimum absolute atomic E-state index is 0.550. The van der Waals surface area contributed by atoms with E-state index in [2.05, 4.69) is 30.9 Å². The van der Waals surface area contributed by atoms with Gasteiger partial charge in [-0.2, -0.15) is 0 Å². The van der Waals surface area contributed by atoms with E-state index in [-0.39, 0.29) is 0 Å². The van der Waals surface area contributed by atoms with E-state index < -0.39 is 0 Å². The van der Waals surface area contributed by atoms with Crippen LogP contribution in [-0.2, 0) is 0 Å². The molecule has 0 spiro atoms. The van der Waals surface area contributed by atoms with Crippen molar-refractivity contribution in [2.24, 2.45) is 5.11 Å². The standard InChI is InChI=1S/C8H9BrN4S/c9-7-3-1-4-11-8(7)14-6-2-5-12-13-10/h1,3-4H,2,5-6H2. The Bertz CT molecular complexity index is 338. The van der Waals surface area contributed by atoms with Crippen molar-refractivity contribution in [1.82, 2.24) is 4.98 Å². The first-order chi connectivity index (χ1) is 6.84. The molecule has 14 heavy (non-hydrogen) atoms. The second-order valence-electron chi connectivity index (χ2n) is 2.45. The van der Waals surface area contributed by atoms with Crippen LogP contribution in [0, 0.1) is 0 Å². The van der Waals surface area contributed by atoms with Crippen molar-refractivity contribution in [3.8, 4) is 0 Å². The zero-order chi connectivity index (χ0) is 10.2.